The van der Waals surface area contributed by atoms with Gasteiger partial charge in [-0.25, -0.2) is 4.98 Å². The van der Waals surface area contributed by atoms with Crippen LogP contribution in [0.4, 0.5) is 23.1 Å². The highest BCUT2D eigenvalue weighted by Gasteiger charge is 2.17. The predicted molar refractivity (Wildman–Crippen MR) is 65.8 cm³/mol. The molecular formula is C9H9N5O2S. The van der Waals surface area contributed by atoms with E-state index in [0.717, 1.165) is 5.69 Å². The van der Waals surface area contributed by atoms with Crippen LogP contribution in [0.5, 0.6) is 0 Å². The van der Waals surface area contributed by atoms with Crippen molar-refractivity contribution in [3.8, 4) is 0 Å². The average molecular weight is 251 g/mol. The van der Waals surface area contributed by atoms with E-state index >= 15 is 0 Å². The summed E-state index contributed by atoms with van der Waals surface area (Å²) in [5, 5.41) is 20.1. The van der Waals surface area contributed by atoms with E-state index in [0.29, 0.717) is 5.95 Å². The number of nitro groups is 1. The van der Waals surface area contributed by atoms with Crippen LogP contribution in [0.15, 0.2) is 23.0 Å². The zero-order chi connectivity index (χ0) is 12.3. The highest BCUT2D eigenvalue weighted by Crippen LogP contribution is 2.26. The Hall–Kier alpha value is -2.22. The fraction of sp³-hybridized carbons (Fsp3) is 0.111. The van der Waals surface area contributed by atoms with Crippen molar-refractivity contribution >= 4 is 34.5 Å². The van der Waals surface area contributed by atoms with Crippen LogP contribution < -0.4 is 10.6 Å². The molecule has 2 heterocycles. The van der Waals surface area contributed by atoms with Gasteiger partial charge in [0, 0.05) is 12.4 Å². The van der Waals surface area contributed by atoms with E-state index in [1.807, 2.05) is 16.8 Å². The lowest BCUT2D eigenvalue weighted by atomic mass is 10.4. The van der Waals surface area contributed by atoms with Gasteiger partial charge in [0.05, 0.1) is 10.6 Å². The van der Waals surface area contributed by atoms with Crippen molar-refractivity contribution in [1.82, 2.24) is 9.97 Å². The zero-order valence-electron chi connectivity index (χ0n) is 8.88. The van der Waals surface area contributed by atoms with Crippen LogP contribution >= 0.6 is 11.3 Å². The molecule has 0 aliphatic heterocycles. The average Bonchev–Trinajstić information content (AvgIpc) is 2.81. The largest absolute Gasteiger partial charge is 0.357 e. The molecule has 8 heteroatoms. The molecule has 2 aromatic heterocycles. The summed E-state index contributed by atoms with van der Waals surface area (Å²) in [6, 6.07) is 1.82. The van der Waals surface area contributed by atoms with Crippen LogP contribution in [0.25, 0.3) is 0 Å². The van der Waals surface area contributed by atoms with Crippen LogP contribution in [0.3, 0.4) is 0 Å². The highest BCUT2D eigenvalue weighted by molar-refractivity contribution is 7.08. The van der Waals surface area contributed by atoms with E-state index in [1.54, 1.807) is 7.05 Å². The molecule has 0 bridgehead atoms. The second-order valence-corrected chi connectivity index (χ2v) is 3.85. The summed E-state index contributed by atoms with van der Waals surface area (Å²) >= 11 is 1.49. The second-order valence-electron chi connectivity index (χ2n) is 3.07. The van der Waals surface area contributed by atoms with Gasteiger partial charge in [0.25, 0.3) is 0 Å². The second kappa shape index (κ2) is 4.74. The number of hydrogen-bond donors (Lipinski definition) is 2. The fourth-order valence-corrected chi connectivity index (χ4v) is 1.78. The summed E-state index contributed by atoms with van der Waals surface area (Å²) in [7, 11) is 1.65. The molecule has 0 aliphatic rings. The van der Waals surface area contributed by atoms with Crippen molar-refractivity contribution in [1.29, 1.82) is 0 Å². The minimum Gasteiger partial charge on any atom is -0.357 e. The van der Waals surface area contributed by atoms with Crippen LogP contribution in [0, 0.1) is 10.1 Å². The molecule has 0 atom stereocenters. The molecule has 2 aromatic rings. The first kappa shape index (κ1) is 11.3. The number of nitrogens with zero attached hydrogens (tertiary/aromatic N) is 3. The quantitative estimate of drug-likeness (QED) is 0.639. The molecule has 2 rings (SSSR count). The van der Waals surface area contributed by atoms with Crippen molar-refractivity contribution < 1.29 is 4.92 Å². The lowest BCUT2D eigenvalue weighted by molar-refractivity contribution is -0.384. The van der Waals surface area contributed by atoms with Gasteiger partial charge in [-0.15, -0.1) is 0 Å². The lowest BCUT2D eigenvalue weighted by Gasteiger charge is -2.05. The minimum absolute atomic E-state index is 0.157. The summed E-state index contributed by atoms with van der Waals surface area (Å²) in [4.78, 5) is 18.1. The number of rotatable bonds is 4. The van der Waals surface area contributed by atoms with Crippen molar-refractivity contribution in [3.05, 3.63) is 33.1 Å². The Balaban J connectivity index is 2.38. The molecule has 7 nitrogen and oxygen atoms in total. The summed E-state index contributed by atoms with van der Waals surface area (Å²) in [6.45, 7) is 0. The molecular weight excluding hydrogens is 242 g/mol. The Morgan fingerprint density at radius 1 is 1.53 bits per heavy atom. The van der Waals surface area contributed by atoms with Gasteiger partial charge in [0.2, 0.25) is 11.8 Å². The monoisotopic (exact) mass is 251 g/mol. The fourth-order valence-electron chi connectivity index (χ4n) is 1.19. The smallest absolute Gasteiger partial charge is 0.329 e. The number of anilines is 3. The molecule has 0 saturated carbocycles. The third-order valence-electron chi connectivity index (χ3n) is 1.97. The Bertz CT molecular complexity index is 528. The minimum atomic E-state index is -0.520. The molecule has 0 radical (unpaired) electrons. The van der Waals surface area contributed by atoms with E-state index < -0.39 is 4.92 Å². The van der Waals surface area contributed by atoms with Crippen LogP contribution in [0.1, 0.15) is 0 Å². The van der Waals surface area contributed by atoms with Crippen LogP contribution in [-0.2, 0) is 0 Å². The van der Waals surface area contributed by atoms with Crippen molar-refractivity contribution in [2.75, 3.05) is 17.7 Å². The summed E-state index contributed by atoms with van der Waals surface area (Å²) in [6.07, 6.45) is 1.17. The summed E-state index contributed by atoms with van der Waals surface area (Å²) < 4.78 is 0. The maximum absolute atomic E-state index is 10.8. The third-order valence-corrected chi connectivity index (χ3v) is 2.66. The molecule has 0 spiro atoms. The normalized spacial score (nSPS) is 9.94. The first-order valence-electron chi connectivity index (χ1n) is 4.69. The van der Waals surface area contributed by atoms with Gasteiger partial charge in [0.15, 0.2) is 0 Å². The third kappa shape index (κ3) is 2.48. The van der Waals surface area contributed by atoms with Crippen molar-refractivity contribution in [2.45, 2.75) is 0 Å². The lowest BCUT2D eigenvalue weighted by Crippen LogP contribution is -2.03. The standard InChI is InChI=1S/C9H9N5O2S/c1-10-9-11-4-7(14(15)16)8(13-9)12-6-2-3-17-5-6/h2-5H,1H3,(H2,10,11,12,13). The van der Waals surface area contributed by atoms with E-state index in [1.165, 1.54) is 17.5 Å². The zero-order valence-corrected chi connectivity index (χ0v) is 9.69. The predicted octanol–water partition coefficient (Wildman–Crippen LogP) is 2.23. The number of nitrogens with one attached hydrogen (secondary N) is 2. The highest BCUT2D eigenvalue weighted by atomic mass is 32.1. The molecule has 0 unspecified atom stereocenters. The molecule has 0 saturated heterocycles. The molecule has 0 aromatic carbocycles. The van der Waals surface area contributed by atoms with Gasteiger partial charge in [0.1, 0.15) is 6.20 Å². The van der Waals surface area contributed by atoms with E-state index in [9.17, 15) is 10.1 Å². The van der Waals surface area contributed by atoms with Gasteiger partial charge in [-0.2, -0.15) is 16.3 Å². The van der Waals surface area contributed by atoms with Crippen molar-refractivity contribution in [2.24, 2.45) is 0 Å². The Kier molecular flexibility index (Phi) is 3.15. The van der Waals surface area contributed by atoms with E-state index in [2.05, 4.69) is 20.6 Å². The van der Waals surface area contributed by atoms with Gasteiger partial charge in [-0.3, -0.25) is 10.1 Å². The molecule has 0 fully saturated rings. The molecule has 2 N–H and O–H groups in total. The van der Waals surface area contributed by atoms with Gasteiger partial charge in [-0.1, -0.05) is 0 Å². The molecule has 0 aliphatic carbocycles. The van der Waals surface area contributed by atoms with Gasteiger partial charge >= 0.3 is 5.69 Å². The Morgan fingerprint density at radius 2 is 2.35 bits per heavy atom. The van der Waals surface area contributed by atoms with E-state index in [-0.39, 0.29) is 11.5 Å². The number of aromatic nitrogens is 2. The first-order valence-corrected chi connectivity index (χ1v) is 5.63. The van der Waals surface area contributed by atoms with Crippen molar-refractivity contribution in [3.63, 3.8) is 0 Å². The number of thiophene rings is 1. The summed E-state index contributed by atoms with van der Waals surface area (Å²) in [5.74, 6) is 0.501. The van der Waals surface area contributed by atoms with Crippen LogP contribution in [-0.4, -0.2) is 21.9 Å². The van der Waals surface area contributed by atoms with Gasteiger partial charge < -0.3 is 10.6 Å². The SMILES string of the molecule is CNc1ncc([N+](=O)[O-])c(Nc2ccsc2)n1. The topological polar surface area (TPSA) is 93.0 Å². The maximum atomic E-state index is 10.8. The first-order chi connectivity index (χ1) is 8.20. The molecule has 0 amide bonds. The molecule has 88 valence electrons. The Morgan fingerprint density at radius 3 is 2.94 bits per heavy atom. The Labute approximate surface area is 101 Å². The van der Waals surface area contributed by atoms with E-state index in [4.69, 9.17) is 0 Å². The maximum Gasteiger partial charge on any atom is 0.329 e. The number of hydrogen-bond acceptors (Lipinski definition) is 7. The van der Waals surface area contributed by atoms with Gasteiger partial charge in [-0.05, 0) is 11.4 Å². The molecule has 17 heavy (non-hydrogen) atoms. The van der Waals surface area contributed by atoms with Crippen LogP contribution in [0.2, 0.25) is 0 Å². The summed E-state index contributed by atoms with van der Waals surface area (Å²) in [5.41, 5.74) is 0.606.